The van der Waals surface area contributed by atoms with E-state index in [0.29, 0.717) is 18.5 Å². The highest BCUT2D eigenvalue weighted by molar-refractivity contribution is 5.80. The summed E-state index contributed by atoms with van der Waals surface area (Å²) < 4.78 is 9.85. The molecule has 0 saturated carbocycles. The maximum Gasteiger partial charge on any atom is 0.284 e. The van der Waals surface area contributed by atoms with E-state index >= 15 is 0 Å². The molecule has 94 valence electrons. The van der Waals surface area contributed by atoms with Gasteiger partial charge in [0.2, 0.25) is 0 Å². The minimum Gasteiger partial charge on any atom is -0.497 e. The zero-order valence-corrected chi connectivity index (χ0v) is 9.84. The third kappa shape index (κ3) is 2.63. The lowest BCUT2D eigenvalue weighted by atomic mass is 10.2. The Morgan fingerprint density at radius 2 is 2.11 bits per heavy atom. The van der Waals surface area contributed by atoms with Crippen molar-refractivity contribution in [2.75, 3.05) is 12.4 Å². The Hall–Kier alpha value is -2.43. The third-order valence-corrected chi connectivity index (χ3v) is 2.50. The van der Waals surface area contributed by atoms with Crippen LogP contribution >= 0.6 is 0 Å². The standard InChI is InChI=1S/C13H13NO4/c1-17-10-4-2-9(3-5-10)7-14-11-6-13(16)18-12(11)8-15/h2-6,8,14,16H,7H2,1H3. The second-order valence-electron chi connectivity index (χ2n) is 3.68. The van der Waals surface area contributed by atoms with E-state index in [4.69, 9.17) is 14.3 Å². The van der Waals surface area contributed by atoms with Gasteiger partial charge in [0, 0.05) is 12.6 Å². The van der Waals surface area contributed by atoms with Crippen LogP contribution in [-0.4, -0.2) is 18.5 Å². The van der Waals surface area contributed by atoms with Crippen molar-refractivity contribution in [3.05, 3.63) is 41.7 Å². The third-order valence-electron chi connectivity index (χ3n) is 2.50. The van der Waals surface area contributed by atoms with E-state index in [0.717, 1.165) is 11.3 Å². The van der Waals surface area contributed by atoms with E-state index in [9.17, 15) is 4.79 Å². The fraction of sp³-hybridized carbons (Fsp3) is 0.154. The second-order valence-corrected chi connectivity index (χ2v) is 3.68. The van der Waals surface area contributed by atoms with Crippen molar-refractivity contribution >= 4 is 12.0 Å². The number of hydrogen-bond acceptors (Lipinski definition) is 5. The molecule has 0 aliphatic carbocycles. The lowest BCUT2D eigenvalue weighted by Gasteiger charge is -2.05. The molecule has 2 rings (SSSR count). The van der Waals surface area contributed by atoms with Crippen molar-refractivity contribution in [2.45, 2.75) is 6.54 Å². The summed E-state index contributed by atoms with van der Waals surface area (Å²) in [7, 11) is 1.61. The summed E-state index contributed by atoms with van der Waals surface area (Å²) in [6, 6.07) is 8.89. The Kier molecular flexibility index (Phi) is 3.52. The Balaban J connectivity index is 2.03. The molecule has 1 heterocycles. The van der Waals surface area contributed by atoms with Crippen LogP contribution in [0.1, 0.15) is 16.1 Å². The van der Waals surface area contributed by atoms with Gasteiger partial charge in [-0.1, -0.05) is 12.1 Å². The van der Waals surface area contributed by atoms with Gasteiger partial charge in [-0.2, -0.15) is 0 Å². The maximum atomic E-state index is 10.7. The highest BCUT2D eigenvalue weighted by Gasteiger charge is 2.09. The van der Waals surface area contributed by atoms with Crippen LogP contribution in [0.15, 0.2) is 34.7 Å². The Morgan fingerprint density at radius 3 is 2.72 bits per heavy atom. The van der Waals surface area contributed by atoms with E-state index in [2.05, 4.69) is 5.32 Å². The average Bonchev–Trinajstić information content (AvgIpc) is 2.77. The van der Waals surface area contributed by atoms with Crippen molar-refractivity contribution in [3.63, 3.8) is 0 Å². The first-order chi connectivity index (χ1) is 8.72. The lowest BCUT2D eigenvalue weighted by molar-refractivity contribution is 0.109. The molecular formula is C13H13NO4. The average molecular weight is 247 g/mol. The Morgan fingerprint density at radius 1 is 1.39 bits per heavy atom. The molecule has 1 aromatic carbocycles. The number of methoxy groups -OCH3 is 1. The van der Waals surface area contributed by atoms with Crippen molar-refractivity contribution in [3.8, 4) is 11.7 Å². The SMILES string of the molecule is COc1ccc(CNc2cc(O)oc2C=O)cc1. The van der Waals surface area contributed by atoms with Gasteiger partial charge in [0.15, 0.2) is 12.0 Å². The highest BCUT2D eigenvalue weighted by Crippen LogP contribution is 2.24. The smallest absolute Gasteiger partial charge is 0.284 e. The number of nitrogens with one attached hydrogen (secondary N) is 1. The molecule has 0 fully saturated rings. The fourth-order valence-electron chi connectivity index (χ4n) is 1.56. The van der Waals surface area contributed by atoms with Gasteiger partial charge in [-0.05, 0) is 17.7 Å². The quantitative estimate of drug-likeness (QED) is 0.794. The molecule has 0 aliphatic heterocycles. The molecule has 0 amide bonds. The summed E-state index contributed by atoms with van der Waals surface area (Å²) in [5.41, 5.74) is 1.49. The number of benzene rings is 1. The minimum atomic E-state index is -0.283. The zero-order chi connectivity index (χ0) is 13.0. The van der Waals surface area contributed by atoms with Gasteiger partial charge >= 0.3 is 0 Å². The van der Waals surface area contributed by atoms with E-state index < -0.39 is 0 Å². The van der Waals surface area contributed by atoms with Crippen LogP contribution in [0.5, 0.6) is 11.7 Å². The molecule has 0 aliphatic rings. The first-order valence-corrected chi connectivity index (χ1v) is 5.37. The van der Waals surface area contributed by atoms with Gasteiger partial charge in [-0.3, -0.25) is 4.79 Å². The molecule has 5 heteroatoms. The molecule has 2 aromatic rings. The molecule has 0 spiro atoms. The molecule has 0 saturated heterocycles. The predicted molar refractivity (Wildman–Crippen MR) is 66.1 cm³/mol. The number of carbonyl (C=O) groups is 1. The number of rotatable bonds is 5. The molecule has 0 bridgehead atoms. The second kappa shape index (κ2) is 5.27. The van der Waals surface area contributed by atoms with Gasteiger partial charge in [0.1, 0.15) is 5.75 Å². The van der Waals surface area contributed by atoms with Crippen LogP contribution in [0.25, 0.3) is 0 Å². The number of aromatic hydroxyl groups is 1. The summed E-state index contributed by atoms with van der Waals surface area (Å²) in [6.45, 7) is 0.518. The van der Waals surface area contributed by atoms with Crippen LogP contribution in [0.4, 0.5) is 5.69 Å². The molecule has 0 radical (unpaired) electrons. The van der Waals surface area contributed by atoms with Crippen LogP contribution in [0.3, 0.4) is 0 Å². The van der Waals surface area contributed by atoms with Crippen LogP contribution in [0.2, 0.25) is 0 Å². The number of hydrogen-bond donors (Lipinski definition) is 2. The van der Waals surface area contributed by atoms with Gasteiger partial charge in [-0.25, -0.2) is 0 Å². The topological polar surface area (TPSA) is 71.7 Å². The maximum absolute atomic E-state index is 10.7. The minimum absolute atomic E-state index is 0.0843. The Bertz CT molecular complexity index is 530. The van der Waals surface area contributed by atoms with E-state index in [-0.39, 0.29) is 11.7 Å². The Labute approximate surface area is 104 Å². The molecular weight excluding hydrogens is 234 g/mol. The number of furan rings is 1. The van der Waals surface area contributed by atoms with Crippen molar-refractivity contribution in [1.82, 2.24) is 0 Å². The first kappa shape index (κ1) is 12.0. The summed E-state index contributed by atoms with van der Waals surface area (Å²) >= 11 is 0. The highest BCUT2D eigenvalue weighted by atomic mass is 16.5. The number of anilines is 1. The number of ether oxygens (including phenoxy) is 1. The largest absolute Gasteiger partial charge is 0.497 e. The lowest BCUT2D eigenvalue weighted by Crippen LogP contribution is -2.00. The van der Waals surface area contributed by atoms with Crippen LogP contribution in [-0.2, 0) is 6.54 Å². The van der Waals surface area contributed by atoms with Crippen molar-refractivity contribution < 1.29 is 19.1 Å². The fourth-order valence-corrected chi connectivity index (χ4v) is 1.56. The zero-order valence-electron chi connectivity index (χ0n) is 9.84. The monoisotopic (exact) mass is 247 g/mol. The first-order valence-electron chi connectivity index (χ1n) is 5.37. The molecule has 2 N–H and O–H groups in total. The van der Waals surface area contributed by atoms with Gasteiger partial charge in [-0.15, -0.1) is 0 Å². The van der Waals surface area contributed by atoms with Gasteiger partial charge < -0.3 is 19.6 Å². The number of carbonyl (C=O) groups excluding carboxylic acids is 1. The molecule has 18 heavy (non-hydrogen) atoms. The van der Waals surface area contributed by atoms with Crippen LogP contribution < -0.4 is 10.1 Å². The number of aldehydes is 1. The van der Waals surface area contributed by atoms with Crippen LogP contribution in [0, 0.1) is 0 Å². The molecule has 0 unspecified atom stereocenters. The molecule has 0 atom stereocenters. The van der Waals surface area contributed by atoms with Gasteiger partial charge in [0.25, 0.3) is 5.95 Å². The van der Waals surface area contributed by atoms with Crippen molar-refractivity contribution in [1.29, 1.82) is 0 Å². The summed E-state index contributed by atoms with van der Waals surface area (Å²) in [5, 5.41) is 12.2. The summed E-state index contributed by atoms with van der Waals surface area (Å²) in [5.74, 6) is 0.587. The van der Waals surface area contributed by atoms with Gasteiger partial charge in [0.05, 0.1) is 12.8 Å². The summed E-state index contributed by atoms with van der Waals surface area (Å²) in [6.07, 6.45) is 0.552. The normalized spacial score (nSPS) is 10.1. The summed E-state index contributed by atoms with van der Waals surface area (Å²) in [4.78, 5) is 10.7. The predicted octanol–water partition coefficient (Wildman–Crippen LogP) is 2.42. The van der Waals surface area contributed by atoms with E-state index in [1.165, 1.54) is 6.07 Å². The molecule has 1 aromatic heterocycles. The van der Waals surface area contributed by atoms with Crippen molar-refractivity contribution in [2.24, 2.45) is 0 Å². The van der Waals surface area contributed by atoms with E-state index in [1.807, 2.05) is 24.3 Å². The molecule has 5 nitrogen and oxygen atoms in total. The van der Waals surface area contributed by atoms with E-state index in [1.54, 1.807) is 7.11 Å².